The van der Waals surface area contributed by atoms with Crippen LogP contribution in [0.2, 0.25) is 0 Å². The van der Waals surface area contributed by atoms with Gasteiger partial charge in [0.25, 0.3) is 0 Å². The summed E-state index contributed by atoms with van der Waals surface area (Å²) in [5, 5.41) is 17.7. The van der Waals surface area contributed by atoms with Gasteiger partial charge in [-0.05, 0) is 6.42 Å². The average molecular weight is 173 g/mol. The Kier molecular flexibility index (Phi) is 42.1. The van der Waals surface area contributed by atoms with Crippen molar-refractivity contribution in [1.29, 1.82) is 0 Å². The molecule has 0 heterocycles. The largest absolute Gasteiger partial charge is 1.00 e. The van der Waals surface area contributed by atoms with Gasteiger partial charge in [0, 0.05) is 6.42 Å². The van der Waals surface area contributed by atoms with E-state index in [1.165, 1.54) is 5.34 Å². The van der Waals surface area contributed by atoms with E-state index in [1.54, 1.807) is 0 Å². The van der Waals surface area contributed by atoms with Crippen molar-refractivity contribution in [3.63, 3.8) is 0 Å². The SMILES string of the molecule is C.CCCC(=O)O.O=NO[O-].[Li+]. The summed E-state index contributed by atoms with van der Waals surface area (Å²) in [5.41, 5.74) is 0. The van der Waals surface area contributed by atoms with Gasteiger partial charge in [0.2, 0.25) is 0 Å². The zero-order valence-corrected chi connectivity index (χ0v) is 6.44. The topological polar surface area (TPSA) is 99.0 Å². The molecule has 0 aromatic rings. The molecule has 0 unspecified atom stereocenters. The molecule has 0 radical (unpaired) electrons. The molecule has 7 heteroatoms. The number of hydrogen-bond donors (Lipinski definition) is 1. The van der Waals surface area contributed by atoms with Gasteiger partial charge in [-0.3, -0.25) is 4.79 Å². The van der Waals surface area contributed by atoms with Gasteiger partial charge in [0.15, 0.2) is 0 Å². The zero-order valence-electron chi connectivity index (χ0n) is 6.44. The first-order valence-electron chi connectivity index (χ1n) is 2.52. The van der Waals surface area contributed by atoms with E-state index in [0.29, 0.717) is 6.42 Å². The first-order valence-corrected chi connectivity index (χ1v) is 2.52. The van der Waals surface area contributed by atoms with Crippen LogP contribution in [-0.2, 0) is 9.78 Å². The fourth-order valence-electron chi connectivity index (χ4n) is 0.214. The van der Waals surface area contributed by atoms with Gasteiger partial charge in [-0.25, -0.2) is 0 Å². The van der Waals surface area contributed by atoms with Crippen LogP contribution in [-0.4, -0.2) is 11.1 Å². The quantitative estimate of drug-likeness (QED) is 0.219. The average Bonchev–Trinajstić information content (AvgIpc) is 1.89. The summed E-state index contributed by atoms with van der Waals surface area (Å²) >= 11 is 0. The van der Waals surface area contributed by atoms with Crippen molar-refractivity contribution in [2.45, 2.75) is 27.2 Å². The number of nitrogens with zero attached hydrogens (tertiary/aromatic N) is 1. The van der Waals surface area contributed by atoms with Crippen LogP contribution in [0.1, 0.15) is 27.2 Å². The van der Waals surface area contributed by atoms with Gasteiger partial charge >= 0.3 is 24.8 Å². The van der Waals surface area contributed by atoms with E-state index >= 15 is 0 Å². The Morgan fingerprint density at radius 3 is 2.00 bits per heavy atom. The Labute approximate surface area is 82.9 Å². The number of aliphatic carboxylic acids is 1. The van der Waals surface area contributed by atoms with Crippen LogP contribution < -0.4 is 24.1 Å². The molecule has 0 aliphatic rings. The van der Waals surface area contributed by atoms with Gasteiger partial charge in [0.1, 0.15) is 5.34 Å². The minimum Gasteiger partial charge on any atom is -0.635 e. The first-order chi connectivity index (χ1) is 4.68. The third kappa shape index (κ3) is 57.0. The predicted molar refractivity (Wildman–Crippen MR) is 36.2 cm³/mol. The molecule has 0 bridgehead atoms. The minimum atomic E-state index is -0.711. The maximum atomic E-state index is 9.60. The van der Waals surface area contributed by atoms with Crippen LogP contribution in [0.4, 0.5) is 0 Å². The van der Waals surface area contributed by atoms with Crippen molar-refractivity contribution in [2.24, 2.45) is 5.34 Å². The van der Waals surface area contributed by atoms with Crippen LogP contribution in [0, 0.1) is 4.91 Å². The Balaban J connectivity index is -0.0000000483. The second-order valence-electron chi connectivity index (χ2n) is 1.29. The Bertz CT molecular complexity index is 99.8. The molecule has 0 spiro atoms. The van der Waals surface area contributed by atoms with E-state index in [4.69, 9.17) is 15.3 Å². The number of carbonyl (C=O) groups is 1. The second-order valence-corrected chi connectivity index (χ2v) is 1.29. The Morgan fingerprint density at radius 2 is 2.00 bits per heavy atom. The summed E-state index contributed by atoms with van der Waals surface area (Å²) < 4.78 is 0. The number of carboxylic acids is 1. The molecule has 0 aromatic heterocycles. The maximum absolute atomic E-state index is 9.60. The first kappa shape index (κ1) is 22.5. The molecule has 12 heavy (non-hydrogen) atoms. The van der Waals surface area contributed by atoms with Gasteiger partial charge in [-0.1, -0.05) is 14.4 Å². The van der Waals surface area contributed by atoms with Crippen molar-refractivity contribution >= 4 is 5.97 Å². The molecular weight excluding hydrogens is 161 g/mol. The minimum absolute atomic E-state index is 0. The van der Waals surface area contributed by atoms with Crippen LogP contribution in [0.3, 0.4) is 0 Å². The summed E-state index contributed by atoms with van der Waals surface area (Å²) in [6.07, 6.45) is 1.02. The Hall–Kier alpha value is -0.573. The fourth-order valence-corrected chi connectivity index (χ4v) is 0.214. The van der Waals surface area contributed by atoms with E-state index in [2.05, 4.69) is 4.99 Å². The Morgan fingerprint density at radius 1 is 1.67 bits per heavy atom. The summed E-state index contributed by atoms with van der Waals surface area (Å²) in [4.78, 5) is 20.3. The van der Waals surface area contributed by atoms with Crippen LogP contribution in [0.15, 0.2) is 5.34 Å². The van der Waals surface area contributed by atoms with Crippen LogP contribution in [0.5, 0.6) is 0 Å². The molecule has 0 aliphatic carbocycles. The zero-order chi connectivity index (χ0) is 8.41. The molecule has 6 nitrogen and oxygen atoms in total. The van der Waals surface area contributed by atoms with E-state index in [9.17, 15) is 4.79 Å². The molecule has 0 aliphatic heterocycles. The molecule has 0 saturated carbocycles. The van der Waals surface area contributed by atoms with Crippen LogP contribution >= 0.6 is 0 Å². The maximum Gasteiger partial charge on any atom is 1.00 e. The molecule has 0 fully saturated rings. The van der Waals surface area contributed by atoms with Gasteiger partial charge < -0.3 is 15.4 Å². The number of hydrogen-bond acceptors (Lipinski definition) is 5. The second kappa shape index (κ2) is 22.4. The van der Waals surface area contributed by atoms with Crippen molar-refractivity contribution in [3.05, 3.63) is 4.91 Å². The monoisotopic (exact) mass is 173 g/mol. The molecule has 68 valence electrons. The van der Waals surface area contributed by atoms with E-state index in [1.807, 2.05) is 6.92 Å². The molecule has 0 saturated heterocycles. The summed E-state index contributed by atoms with van der Waals surface area (Å²) in [6.45, 7) is 1.84. The molecule has 0 atom stereocenters. The molecule has 0 rings (SSSR count). The standard InChI is InChI=1S/C4H8O2.CH4.Li.HNO3/c1-2-3-4(5)6;;;2-1-4-3/h2-3H2,1H3,(H,5,6);1H4;;3H/q;;+1;/p-1. The molecule has 0 amide bonds. The van der Waals surface area contributed by atoms with E-state index in [0.717, 1.165) is 6.42 Å². The summed E-state index contributed by atoms with van der Waals surface area (Å²) in [6, 6.07) is 0. The van der Waals surface area contributed by atoms with Crippen molar-refractivity contribution in [1.82, 2.24) is 0 Å². The van der Waals surface area contributed by atoms with Crippen molar-refractivity contribution < 1.29 is 39.0 Å². The molecular formula is C5H12LiNO5. The van der Waals surface area contributed by atoms with Crippen molar-refractivity contribution in [2.75, 3.05) is 0 Å². The predicted octanol–water partition coefficient (Wildman–Crippen LogP) is -2.53. The summed E-state index contributed by atoms with van der Waals surface area (Å²) in [7, 11) is 0. The van der Waals surface area contributed by atoms with E-state index in [-0.39, 0.29) is 26.3 Å². The van der Waals surface area contributed by atoms with Gasteiger partial charge in [-0.15, -0.1) is 4.91 Å². The summed E-state index contributed by atoms with van der Waals surface area (Å²) in [5.74, 6) is -0.711. The molecule has 0 aromatic carbocycles. The van der Waals surface area contributed by atoms with Crippen molar-refractivity contribution in [3.8, 4) is 0 Å². The van der Waals surface area contributed by atoms with E-state index < -0.39 is 5.97 Å². The number of rotatable bonds is 3. The van der Waals surface area contributed by atoms with Crippen LogP contribution in [0.25, 0.3) is 0 Å². The normalized spacial score (nSPS) is 5.83. The molecule has 1 N–H and O–H groups in total. The fraction of sp³-hybridized carbons (Fsp3) is 0.800. The smallest absolute Gasteiger partial charge is 0.635 e. The van der Waals surface area contributed by atoms with Gasteiger partial charge in [-0.2, -0.15) is 0 Å². The third-order valence-electron chi connectivity index (χ3n) is 0.494. The van der Waals surface area contributed by atoms with Gasteiger partial charge in [0.05, 0.1) is 0 Å². The number of carboxylic acid groups (broad SMARTS) is 1. The third-order valence-corrected chi connectivity index (χ3v) is 0.494.